The Morgan fingerprint density at radius 3 is 2.84 bits per heavy atom. The Balaban J connectivity index is 1.80. The maximum absolute atomic E-state index is 12.2. The summed E-state index contributed by atoms with van der Waals surface area (Å²) in [5.41, 5.74) is 0.757. The van der Waals surface area contributed by atoms with E-state index >= 15 is 0 Å². The molecule has 0 unspecified atom stereocenters. The Morgan fingerprint density at radius 1 is 1.32 bits per heavy atom. The Bertz CT molecular complexity index is 902. The van der Waals surface area contributed by atoms with Crippen molar-refractivity contribution in [2.75, 3.05) is 12.4 Å². The van der Waals surface area contributed by atoms with E-state index in [4.69, 9.17) is 9.26 Å². The zero-order chi connectivity index (χ0) is 17.8. The topological polar surface area (TPSA) is 102 Å². The Hall–Kier alpha value is -3.13. The van der Waals surface area contributed by atoms with Crippen molar-refractivity contribution in [2.24, 2.45) is 0 Å². The number of carbonyl (C=O) groups excluding carboxylic acids is 1. The van der Waals surface area contributed by atoms with Gasteiger partial charge >= 0.3 is 5.97 Å². The van der Waals surface area contributed by atoms with E-state index in [1.54, 1.807) is 48.9 Å². The second kappa shape index (κ2) is 7.18. The van der Waals surface area contributed by atoms with E-state index in [2.05, 4.69) is 10.5 Å². The molecular weight excluding hydrogens is 344 g/mol. The fraction of sp³-hybridized carbons (Fsp3) is 0.118. The third kappa shape index (κ3) is 3.69. The molecule has 0 saturated carbocycles. The van der Waals surface area contributed by atoms with Crippen LogP contribution < -0.4 is 10.1 Å². The average molecular weight is 358 g/mol. The van der Waals surface area contributed by atoms with Crippen LogP contribution in [0.2, 0.25) is 0 Å². The molecule has 8 heteroatoms. The van der Waals surface area contributed by atoms with Crippen LogP contribution in [0.3, 0.4) is 0 Å². The number of carboxylic acid groups (broad SMARTS) is 1. The molecule has 0 spiro atoms. The van der Waals surface area contributed by atoms with Crippen molar-refractivity contribution in [3.63, 3.8) is 0 Å². The van der Waals surface area contributed by atoms with Gasteiger partial charge in [-0.15, -0.1) is 11.3 Å². The Labute approximate surface area is 146 Å². The molecule has 25 heavy (non-hydrogen) atoms. The van der Waals surface area contributed by atoms with Gasteiger partial charge in [0.1, 0.15) is 11.4 Å². The van der Waals surface area contributed by atoms with Gasteiger partial charge in [0, 0.05) is 0 Å². The number of aromatic nitrogens is 1. The molecule has 2 heterocycles. The van der Waals surface area contributed by atoms with Crippen LogP contribution in [0.25, 0.3) is 10.6 Å². The average Bonchev–Trinajstić information content (AvgIpc) is 3.24. The van der Waals surface area contributed by atoms with Gasteiger partial charge in [-0.05, 0) is 29.1 Å². The summed E-state index contributed by atoms with van der Waals surface area (Å²) in [4.78, 5) is 24.4. The third-order valence-corrected chi connectivity index (χ3v) is 4.29. The van der Waals surface area contributed by atoms with Gasteiger partial charge in [0.25, 0.3) is 0 Å². The number of carbonyl (C=O) groups is 2. The first-order chi connectivity index (χ1) is 12.1. The van der Waals surface area contributed by atoms with E-state index in [0.29, 0.717) is 10.6 Å². The summed E-state index contributed by atoms with van der Waals surface area (Å²) in [5, 5.41) is 17.5. The lowest BCUT2D eigenvalue weighted by molar-refractivity contribution is -0.115. The van der Waals surface area contributed by atoms with Crippen molar-refractivity contribution in [1.82, 2.24) is 5.16 Å². The molecule has 3 rings (SSSR count). The van der Waals surface area contributed by atoms with Gasteiger partial charge in [0.2, 0.25) is 11.8 Å². The summed E-state index contributed by atoms with van der Waals surface area (Å²) in [7, 11) is 1.54. The number of hydrogen-bond acceptors (Lipinski definition) is 6. The van der Waals surface area contributed by atoms with Crippen LogP contribution in [0, 0.1) is 0 Å². The van der Waals surface area contributed by atoms with Crippen LogP contribution in [0.15, 0.2) is 46.3 Å². The Kier molecular flexibility index (Phi) is 4.80. The largest absolute Gasteiger partial charge is 0.497 e. The first-order valence-electron chi connectivity index (χ1n) is 7.28. The van der Waals surface area contributed by atoms with Crippen molar-refractivity contribution in [1.29, 1.82) is 0 Å². The molecule has 128 valence electrons. The number of anilines is 1. The number of methoxy groups -OCH3 is 1. The zero-order valence-corrected chi connectivity index (χ0v) is 14.0. The number of nitrogens with zero attached hydrogens (tertiary/aromatic N) is 1. The summed E-state index contributed by atoms with van der Waals surface area (Å²) in [6.07, 6.45) is 0.0469. The molecule has 0 fully saturated rings. The lowest BCUT2D eigenvalue weighted by atomic mass is 10.1. The minimum atomic E-state index is -1.22. The monoisotopic (exact) mass is 358 g/mol. The molecule has 1 aromatic carbocycles. The molecule has 3 aromatic rings. The normalized spacial score (nSPS) is 10.4. The van der Waals surface area contributed by atoms with Crippen LogP contribution in [0.5, 0.6) is 5.75 Å². The standard InChI is InChI=1S/C17H14N2O5S/c1-23-11-5-2-4-10(8-11)9-13(20)18-16-14(17(21)22)15(19-24-16)12-6-3-7-25-12/h2-8H,9H2,1H3,(H,18,20)(H,21,22). The highest BCUT2D eigenvalue weighted by molar-refractivity contribution is 7.13. The molecule has 2 aromatic heterocycles. The highest BCUT2D eigenvalue weighted by Gasteiger charge is 2.25. The van der Waals surface area contributed by atoms with Gasteiger partial charge in [0.05, 0.1) is 18.4 Å². The Morgan fingerprint density at radius 2 is 2.16 bits per heavy atom. The van der Waals surface area contributed by atoms with E-state index in [0.717, 1.165) is 5.56 Å². The highest BCUT2D eigenvalue weighted by Crippen LogP contribution is 2.31. The van der Waals surface area contributed by atoms with Crippen LogP contribution in [-0.4, -0.2) is 29.2 Å². The maximum Gasteiger partial charge on any atom is 0.343 e. The summed E-state index contributed by atoms with van der Waals surface area (Å²) in [6.45, 7) is 0. The number of aromatic carboxylic acids is 1. The highest BCUT2D eigenvalue weighted by atomic mass is 32.1. The van der Waals surface area contributed by atoms with E-state index in [9.17, 15) is 14.7 Å². The van der Waals surface area contributed by atoms with Gasteiger partial charge in [-0.2, -0.15) is 0 Å². The summed E-state index contributed by atoms with van der Waals surface area (Å²) in [5.74, 6) is -1.18. The second-order valence-electron chi connectivity index (χ2n) is 5.09. The first-order valence-corrected chi connectivity index (χ1v) is 8.16. The fourth-order valence-electron chi connectivity index (χ4n) is 2.29. The van der Waals surface area contributed by atoms with Crippen LogP contribution in [-0.2, 0) is 11.2 Å². The van der Waals surface area contributed by atoms with Gasteiger partial charge in [0.15, 0.2) is 5.56 Å². The predicted molar refractivity (Wildman–Crippen MR) is 92.1 cm³/mol. The van der Waals surface area contributed by atoms with Crippen molar-refractivity contribution < 1.29 is 24.0 Å². The number of ether oxygens (including phenoxy) is 1. The molecule has 0 aliphatic heterocycles. The lowest BCUT2D eigenvalue weighted by Gasteiger charge is -2.05. The number of benzene rings is 1. The number of nitrogens with one attached hydrogen (secondary N) is 1. The molecule has 1 amide bonds. The number of thiophene rings is 1. The van der Waals surface area contributed by atoms with Crippen molar-refractivity contribution in [3.8, 4) is 16.3 Å². The van der Waals surface area contributed by atoms with Crippen LogP contribution >= 0.6 is 11.3 Å². The van der Waals surface area contributed by atoms with Crippen molar-refractivity contribution in [2.45, 2.75) is 6.42 Å². The molecule has 0 aliphatic rings. The summed E-state index contributed by atoms with van der Waals surface area (Å²) >= 11 is 1.33. The minimum absolute atomic E-state index is 0.0469. The molecular formula is C17H14N2O5S. The zero-order valence-electron chi connectivity index (χ0n) is 13.2. The third-order valence-electron chi connectivity index (χ3n) is 3.41. The number of carboxylic acids is 1. The molecule has 2 N–H and O–H groups in total. The van der Waals surface area contributed by atoms with Crippen LogP contribution in [0.1, 0.15) is 15.9 Å². The predicted octanol–water partition coefficient (Wildman–Crippen LogP) is 3.29. The molecule has 0 aliphatic carbocycles. The van der Waals surface area contributed by atoms with Gasteiger partial charge in [-0.1, -0.05) is 23.4 Å². The maximum atomic E-state index is 12.2. The van der Waals surface area contributed by atoms with E-state index < -0.39 is 11.9 Å². The smallest absolute Gasteiger partial charge is 0.343 e. The summed E-state index contributed by atoms with van der Waals surface area (Å²) in [6, 6.07) is 10.6. The number of amides is 1. The fourth-order valence-corrected chi connectivity index (χ4v) is 3.01. The van der Waals surface area contributed by atoms with E-state index in [-0.39, 0.29) is 23.6 Å². The van der Waals surface area contributed by atoms with E-state index in [1.807, 2.05) is 0 Å². The minimum Gasteiger partial charge on any atom is -0.497 e. The molecule has 7 nitrogen and oxygen atoms in total. The van der Waals surface area contributed by atoms with E-state index in [1.165, 1.54) is 11.3 Å². The van der Waals surface area contributed by atoms with Crippen molar-refractivity contribution >= 4 is 29.1 Å². The molecule has 0 saturated heterocycles. The first kappa shape index (κ1) is 16.7. The quantitative estimate of drug-likeness (QED) is 0.701. The second-order valence-corrected chi connectivity index (χ2v) is 6.04. The van der Waals surface area contributed by atoms with Gasteiger partial charge in [-0.25, -0.2) is 4.79 Å². The number of hydrogen-bond donors (Lipinski definition) is 2. The number of rotatable bonds is 6. The molecule has 0 atom stereocenters. The van der Waals surface area contributed by atoms with Gasteiger partial charge in [-0.3, -0.25) is 10.1 Å². The molecule has 0 bridgehead atoms. The summed E-state index contributed by atoms with van der Waals surface area (Å²) < 4.78 is 10.2. The lowest BCUT2D eigenvalue weighted by Crippen LogP contribution is -2.16. The van der Waals surface area contributed by atoms with Crippen LogP contribution in [0.4, 0.5) is 5.88 Å². The SMILES string of the molecule is COc1cccc(CC(=O)Nc2onc(-c3cccs3)c2C(=O)O)c1. The molecule has 0 radical (unpaired) electrons. The van der Waals surface area contributed by atoms with Gasteiger partial charge < -0.3 is 14.4 Å². The van der Waals surface area contributed by atoms with Crippen molar-refractivity contribution in [3.05, 3.63) is 52.9 Å².